The van der Waals surface area contributed by atoms with Crippen LogP contribution in [0.4, 0.5) is 5.69 Å². The third kappa shape index (κ3) is 4.66. The number of anilines is 1. The fourth-order valence-electron chi connectivity index (χ4n) is 4.14. The molecule has 0 unspecified atom stereocenters. The molecule has 170 valence electrons. The molecule has 5 nitrogen and oxygen atoms in total. The summed E-state index contributed by atoms with van der Waals surface area (Å²) in [6.45, 7) is 1.89. The highest BCUT2D eigenvalue weighted by Gasteiger charge is 2.10. The van der Waals surface area contributed by atoms with Gasteiger partial charge in [-0.2, -0.15) is 5.10 Å². The largest absolute Gasteiger partial charge is 0.322 e. The predicted octanol–water partition coefficient (Wildman–Crippen LogP) is 6.32. The van der Waals surface area contributed by atoms with E-state index in [1.54, 1.807) is 36.5 Å². The highest BCUT2D eigenvalue weighted by atomic mass is 16.2. The molecule has 2 amide bonds. The second-order valence-corrected chi connectivity index (χ2v) is 8.28. The Morgan fingerprint density at radius 2 is 1.31 bits per heavy atom. The minimum absolute atomic E-state index is 0.188. The van der Waals surface area contributed by atoms with E-state index in [0.717, 1.165) is 32.7 Å². The van der Waals surface area contributed by atoms with Gasteiger partial charge in [0.15, 0.2) is 0 Å². The van der Waals surface area contributed by atoms with E-state index in [4.69, 9.17) is 0 Å². The van der Waals surface area contributed by atoms with Gasteiger partial charge in [0.25, 0.3) is 11.8 Å². The van der Waals surface area contributed by atoms with Crippen molar-refractivity contribution >= 4 is 45.3 Å². The quantitative estimate of drug-likeness (QED) is 0.184. The lowest BCUT2D eigenvalue weighted by atomic mass is 9.97. The Balaban J connectivity index is 1.31. The zero-order valence-electron chi connectivity index (χ0n) is 19.2. The number of carbonyl (C=O) groups excluding carboxylic acids is 2. The number of hydrogen-bond donors (Lipinski definition) is 2. The van der Waals surface area contributed by atoms with Gasteiger partial charge in [-0.3, -0.25) is 9.59 Å². The molecule has 5 rings (SSSR count). The Bertz CT molecular complexity index is 1530. The van der Waals surface area contributed by atoms with E-state index in [2.05, 4.69) is 46.2 Å². The number of nitrogens with zero attached hydrogens (tertiary/aromatic N) is 1. The van der Waals surface area contributed by atoms with E-state index in [-0.39, 0.29) is 11.8 Å². The monoisotopic (exact) mass is 457 g/mol. The highest BCUT2D eigenvalue weighted by molar-refractivity contribution is 6.13. The molecule has 0 aromatic heterocycles. The number of nitrogens with one attached hydrogen (secondary N) is 2. The Kier molecular flexibility index (Phi) is 6.05. The molecule has 0 fully saturated rings. The third-order valence-electron chi connectivity index (χ3n) is 5.97. The maximum atomic E-state index is 12.6. The lowest BCUT2D eigenvalue weighted by Crippen LogP contribution is -2.18. The summed E-state index contributed by atoms with van der Waals surface area (Å²) in [7, 11) is 0. The van der Waals surface area contributed by atoms with Crippen LogP contribution in [0.3, 0.4) is 0 Å². The number of rotatable bonds is 5. The fraction of sp³-hybridized carbons (Fsp3) is 0.0333. The van der Waals surface area contributed by atoms with Crippen molar-refractivity contribution in [1.82, 2.24) is 5.43 Å². The first-order chi connectivity index (χ1) is 17.1. The van der Waals surface area contributed by atoms with Gasteiger partial charge in [0.1, 0.15) is 0 Å². The smallest absolute Gasteiger partial charge is 0.271 e. The molecule has 0 aliphatic rings. The van der Waals surface area contributed by atoms with Gasteiger partial charge in [0.05, 0.1) is 6.21 Å². The van der Waals surface area contributed by atoms with Crippen molar-refractivity contribution < 1.29 is 9.59 Å². The highest BCUT2D eigenvalue weighted by Crippen LogP contribution is 2.27. The molecule has 0 saturated carbocycles. The van der Waals surface area contributed by atoms with Crippen LogP contribution < -0.4 is 10.7 Å². The van der Waals surface area contributed by atoms with Crippen molar-refractivity contribution in [3.05, 3.63) is 125 Å². The minimum atomic E-state index is -0.331. The number of amides is 2. The van der Waals surface area contributed by atoms with Gasteiger partial charge in [-0.05, 0) is 70.4 Å². The van der Waals surface area contributed by atoms with Gasteiger partial charge in [0, 0.05) is 22.4 Å². The topological polar surface area (TPSA) is 70.6 Å². The number of carbonyl (C=O) groups is 2. The van der Waals surface area contributed by atoms with Crippen LogP contribution in [0.5, 0.6) is 0 Å². The molecule has 5 aromatic carbocycles. The zero-order chi connectivity index (χ0) is 24.2. The van der Waals surface area contributed by atoms with Gasteiger partial charge in [-0.15, -0.1) is 0 Å². The predicted molar refractivity (Wildman–Crippen MR) is 142 cm³/mol. The van der Waals surface area contributed by atoms with Gasteiger partial charge >= 0.3 is 0 Å². The van der Waals surface area contributed by atoms with Crippen molar-refractivity contribution in [2.45, 2.75) is 6.92 Å². The standard InChI is InChI=1S/C30H23N3O2/c1-20-8-2-5-11-25(20)30(35)32-24-16-14-21(15-17-24)29(34)33-31-19-28-26-12-6-3-9-22(26)18-23-10-4-7-13-27(23)28/h2-19H,1H3,(H,32,35)(H,33,34)/b31-19+. The van der Waals surface area contributed by atoms with Gasteiger partial charge < -0.3 is 5.32 Å². The van der Waals surface area contributed by atoms with Crippen LogP contribution in [-0.4, -0.2) is 18.0 Å². The van der Waals surface area contributed by atoms with E-state index < -0.39 is 0 Å². The zero-order valence-corrected chi connectivity index (χ0v) is 19.2. The Hall–Kier alpha value is -4.77. The van der Waals surface area contributed by atoms with Gasteiger partial charge in [-0.1, -0.05) is 66.7 Å². The first-order valence-corrected chi connectivity index (χ1v) is 11.3. The molecule has 0 radical (unpaired) electrons. The summed E-state index contributed by atoms with van der Waals surface area (Å²) in [5.74, 6) is -0.519. The summed E-state index contributed by atoms with van der Waals surface area (Å²) in [6, 6.07) is 32.5. The van der Waals surface area contributed by atoms with E-state index in [9.17, 15) is 9.59 Å². The van der Waals surface area contributed by atoms with Gasteiger partial charge in [0.2, 0.25) is 0 Å². The summed E-state index contributed by atoms with van der Waals surface area (Å²) in [5.41, 5.74) is 6.14. The first kappa shape index (κ1) is 22.0. The first-order valence-electron chi connectivity index (χ1n) is 11.3. The Morgan fingerprint density at radius 1 is 0.714 bits per heavy atom. The second kappa shape index (κ2) is 9.61. The molecule has 5 aromatic rings. The molecule has 0 atom stereocenters. The van der Waals surface area contributed by atoms with E-state index in [0.29, 0.717) is 16.8 Å². The van der Waals surface area contributed by atoms with E-state index in [1.165, 1.54) is 0 Å². The SMILES string of the molecule is Cc1ccccc1C(=O)Nc1ccc(C(=O)N/N=C/c2c3ccccc3cc3ccccc23)cc1. The van der Waals surface area contributed by atoms with Crippen LogP contribution in [0, 0.1) is 6.92 Å². The normalized spacial score (nSPS) is 11.1. The molecule has 0 saturated heterocycles. The average Bonchev–Trinajstić information content (AvgIpc) is 2.89. The molecule has 0 aliphatic carbocycles. The van der Waals surface area contributed by atoms with Crippen LogP contribution in [0.1, 0.15) is 31.8 Å². The van der Waals surface area contributed by atoms with Crippen LogP contribution in [-0.2, 0) is 0 Å². The third-order valence-corrected chi connectivity index (χ3v) is 5.97. The maximum Gasteiger partial charge on any atom is 0.271 e. The number of hydrazone groups is 1. The summed E-state index contributed by atoms with van der Waals surface area (Å²) < 4.78 is 0. The molecule has 5 heteroatoms. The summed E-state index contributed by atoms with van der Waals surface area (Å²) in [5, 5.41) is 11.5. The summed E-state index contributed by atoms with van der Waals surface area (Å²) >= 11 is 0. The van der Waals surface area contributed by atoms with Crippen molar-refractivity contribution in [2.75, 3.05) is 5.32 Å². The summed E-state index contributed by atoms with van der Waals surface area (Å²) in [4.78, 5) is 25.2. The Labute approximate surface area is 203 Å². The second-order valence-electron chi connectivity index (χ2n) is 8.28. The molecule has 0 spiro atoms. The average molecular weight is 458 g/mol. The molecular formula is C30H23N3O2. The molecule has 0 aliphatic heterocycles. The number of hydrogen-bond acceptors (Lipinski definition) is 3. The number of aryl methyl sites for hydroxylation is 1. The van der Waals surface area contributed by atoms with Crippen molar-refractivity contribution in [2.24, 2.45) is 5.10 Å². The van der Waals surface area contributed by atoms with Crippen LogP contribution in [0.15, 0.2) is 108 Å². The molecule has 35 heavy (non-hydrogen) atoms. The molecule has 2 N–H and O–H groups in total. The van der Waals surface area contributed by atoms with E-state index in [1.807, 2.05) is 49.4 Å². The van der Waals surface area contributed by atoms with Crippen molar-refractivity contribution in [1.29, 1.82) is 0 Å². The van der Waals surface area contributed by atoms with Crippen LogP contribution >= 0.6 is 0 Å². The lowest BCUT2D eigenvalue weighted by Gasteiger charge is -2.09. The Morgan fingerprint density at radius 3 is 1.97 bits per heavy atom. The molecular weight excluding hydrogens is 434 g/mol. The fourth-order valence-corrected chi connectivity index (χ4v) is 4.14. The molecule has 0 bridgehead atoms. The lowest BCUT2D eigenvalue weighted by molar-refractivity contribution is 0.0954. The van der Waals surface area contributed by atoms with Crippen LogP contribution in [0.2, 0.25) is 0 Å². The molecule has 0 heterocycles. The van der Waals surface area contributed by atoms with Crippen LogP contribution in [0.25, 0.3) is 21.5 Å². The number of benzene rings is 5. The minimum Gasteiger partial charge on any atom is -0.322 e. The summed E-state index contributed by atoms with van der Waals surface area (Å²) in [6.07, 6.45) is 1.69. The number of fused-ring (bicyclic) bond motifs is 2. The van der Waals surface area contributed by atoms with E-state index >= 15 is 0 Å². The van der Waals surface area contributed by atoms with Crippen molar-refractivity contribution in [3.8, 4) is 0 Å². The maximum absolute atomic E-state index is 12.6. The van der Waals surface area contributed by atoms with Crippen molar-refractivity contribution in [3.63, 3.8) is 0 Å². The van der Waals surface area contributed by atoms with Gasteiger partial charge in [-0.25, -0.2) is 5.43 Å².